The number of benzene rings is 2. The van der Waals surface area contributed by atoms with Crippen molar-refractivity contribution in [2.24, 2.45) is 11.8 Å². The third kappa shape index (κ3) is 5.46. The first-order valence-electron chi connectivity index (χ1n) is 10.9. The standard InChI is InChI=1S/C25H31N3O4/c1-16(2)23(25(31)26-17(3)18-8-6-5-7-9-18)27-24(30)19-14-22(29)28(15-19)20-10-12-21(32-4)13-11-20/h5-13,16-17,19,23H,14-15H2,1-4H3,(H,26,31)(H,27,30)/t17-,19-,23+/m1/s1. The summed E-state index contributed by atoms with van der Waals surface area (Å²) in [6, 6.07) is 16.0. The summed E-state index contributed by atoms with van der Waals surface area (Å²) < 4.78 is 5.16. The SMILES string of the molecule is COc1ccc(N2C[C@H](C(=O)N[C@H](C(=O)N[C@H](C)c3ccccc3)C(C)C)CC2=O)cc1. The number of ether oxygens (including phenoxy) is 1. The van der Waals surface area contributed by atoms with Crippen LogP contribution < -0.4 is 20.3 Å². The number of methoxy groups -OCH3 is 1. The van der Waals surface area contributed by atoms with Crippen LogP contribution in [-0.4, -0.2) is 37.4 Å². The molecule has 0 radical (unpaired) electrons. The molecule has 7 nitrogen and oxygen atoms in total. The highest BCUT2D eigenvalue weighted by Gasteiger charge is 2.37. The number of hydrogen-bond donors (Lipinski definition) is 2. The zero-order chi connectivity index (χ0) is 23.3. The highest BCUT2D eigenvalue weighted by molar-refractivity contribution is 6.01. The molecule has 3 atom stereocenters. The predicted molar refractivity (Wildman–Crippen MR) is 123 cm³/mol. The van der Waals surface area contributed by atoms with Gasteiger partial charge in [-0.25, -0.2) is 0 Å². The molecule has 0 spiro atoms. The van der Waals surface area contributed by atoms with E-state index in [-0.39, 0.29) is 42.6 Å². The Hall–Kier alpha value is -3.35. The van der Waals surface area contributed by atoms with Crippen LogP contribution >= 0.6 is 0 Å². The Balaban J connectivity index is 1.63. The quantitative estimate of drug-likeness (QED) is 0.664. The van der Waals surface area contributed by atoms with Gasteiger partial charge in [0, 0.05) is 18.7 Å². The van der Waals surface area contributed by atoms with Crippen molar-refractivity contribution in [1.29, 1.82) is 0 Å². The van der Waals surface area contributed by atoms with Crippen molar-refractivity contribution in [2.75, 3.05) is 18.6 Å². The van der Waals surface area contributed by atoms with Crippen LogP contribution in [0.3, 0.4) is 0 Å². The van der Waals surface area contributed by atoms with Gasteiger partial charge < -0.3 is 20.3 Å². The number of nitrogens with zero attached hydrogens (tertiary/aromatic N) is 1. The van der Waals surface area contributed by atoms with E-state index < -0.39 is 12.0 Å². The molecule has 170 valence electrons. The van der Waals surface area contributed by atoms with Crippen LogP contribution in [0.1, 0.15) is 38.8 Å². The number of anilines is 1. The molecule has 1 saturated heterocycles. The number of hydrogen-bond acceptors (Lipinski definition) is 4. The summed E-state index contributed by atoms with van der Waals surface area (Å²) >= 11 is 0. The molecule has 1 heterocycles. The fraction of sp³-hybridized carbons (Fsp3) is 0.400. The van der Waals surface area contributed by atoms with Crippen molar-refractivity contribution >= 4 is 23.4 Å². The molecule has 2 aromatic rings. The van der Waals surface area contributed by atoms with Gasteiger partial charge in [0.05, 0.1) is 19.1 Å². The van der Waals surface area contributed by atoms with Gasteiger partial charge in [0.1, 0.15) is 11.8 Å². The normalized spacial score (nSPS) is 17.7. The van der Waals surface area contributed by atoms with Crippen molar-refractivity contribution in [2.45, 2.75) is 39.3 Å². The summed E-state index contributed by atoms with van der Waals surface area (Å²) in [5, 5.41) is 5.86. The van der Waals surface area contributed by atoms with Crippen molar-refractivity contribution in [3.63, 3.8) is 0 Å². The van der Waals surface area contributed by atoms with Crippen LogP contribution in [-0.2, 0) is 14.4 Å². The molecule has 3 rings (SSSR count). The Morgan fingerprint density at radius 2 is 1.66 bits per heavy atom. The van der Waals surface area contributed by atoms with Crippen LogP contribution in [0.4, 0.5) is 5.69 Å². The summed E-state index contributed by atoms with van der Waals surface area (Å²) in [5.41, 5.74) is 1.71. The number of rotatable bonds is 8. The van der Waals surface area contributed by atoms with Crippen LogP contribution in [0.5, 0.6) is 5.75 Å². The van der Waals surface area contributed by atoms with Gasteiger partial charge in [0.2, 0.25) is 17.7 Å². The van der Waals surface area contributed by atoms with E-state index >= 15 is 0 Å². The molecule has 0 saturated carbocycles. The molecule has 3 amide bonds. The summed E-state index contributed by atoms with van der Waals surface area (Å²) in [6.07, 6.45) is 0.116. The maximum atomic E-state index is 13.0. The van der Waals surface area contributed by atoms with Gasteiger partial charge in [-0.1, -0.05) is 44.2 Å². The van der Waals surface area contributed by atoms with E-state index in [1.165, 1.54) is 0 Å². The van der Waals surface area contributed by atoms with Crippen LogP contribution in [0.15, 0.2) is 54.6 Å². The Morgan fingerprint density at radius 1 is 1.00 bits per heavy atom. The lowest BCUT2D eigenvalue weighted by Gasteiger charge is -2.25. The highest BCUT2D eigenvalue weighted by Crippen LogP contribution is 2.27. The maximum Gasteiger partial charge on any atom is 0.243 e. The number of amides is 3. The molecule has 2 aromatic carbocycles. The van der Waals surface area contributed by atoms with Gasteiger partial charge in [0.15, 0.2) is 0 Å². The Kier molecular flexibility index (Phi) is 7.51. The summed E-state index contributed by atoms with van der Waals surface area (Å²) in [4.78, 5) is 40.0. The third-order valence-corrected chi connectivity index (χ3v) is 5.79. The molecule has 0 aliphatic carbocycles. The molecule has 1 aliphatic heterocycles. The second kappa shape index (κ2) is 10.3. The van der Waals surface area contributed by atoms with E-state index in [1.807, 2.05) is 51.1 Å². The van der Waals surface area contributed by atoms with Gasteiger partial charge >= 0.3 is 0 Å². The number of nitrogens with one attached hydrogen (secondary N) is 2. The van der Waals surface area contributed by atoms with Gasteiger partial charge in [-0.2, -0.15) is 0 Å². The highest BCUT2D eigenvalue weighted by atomic mass is 16.5. The van der Waals surface area contributed by atoms with E-state index in [4.69, 9.17) is 4.74 Å². The fourth-order valence-electron chi connectivity index (χ4n) is 3.83. The number of carbonyl (C=O) groups is 3. The largest absolute Gasteiger partial charge is 0.497 e. The molecule has 32 heavy (non-hydrogen) atoms. The van der Waals surface area contributed by atoms with E-state index in [1.54, 1.807) is 36.3 Å². The Labute approximate surface area is 189 Å². The smallest absolute Gasteiger partial charge is 0.243 e. The topological polar surface area (TPSA) is 87.7 Å². The average molecular weight is 438 g/mol. The minimum absolute atomic E-state index is 0.100. The van der Waals surface area contributed by atoms with Crippen molar-refractivity contribution in [1.82, 2.24) is 10.6 Å². The summed E-state index contributed by atoms with van der Waals surface area (Å²) in [6.45, 7) is 5.97. The van der Waals surface area contributed by atoms with Crippen molar-refractivity contribution in [3.8, 4) is 5.75 Å². The zero-order valence-corrected chi connectivity index (χ0v) is 19.0. The Morgan fingerprint density at radius 3 is 2.25 bits per heavy atom. The molecule has 0 unspecified atom stereocenters. The van der Waals surface area contributed by atoms with E-state index in [0.29, 0.717) is 5.75 Å². The first kappa shape index (κ1) is 23.3. The average Bonchev–Trinajstić information content (AvgIpc) is 3.19. The minimum atomic E-state index is -0.682. The van der Waals surface area contributed by atoms with E-state index in [9.17, 15) is 14.4 Å². The van der Waals surface area contributed by atoms with Crippen molar-refractivity contribution in [3.05, 3.63) is 60.2 Å². The molecular weight excluding hydrogens is 406 g/mol. The van der Waals surface area contributed by atoms with E-state index in [0.717, 1.165) is 11.3 Å². The van der Waals surface area contributed by atoms with Crippen LogP contribution in [0.25, 0.3) is 0 Å². The molecule has 1 fully saturated rings. The van der Waals surface area contributed by atoms with Gasteiger partial charge in [0.25, 0.3) is 0 Å². The lowest BCUT2D eigenvalue weighted by atomic mass is 10.00. The van der Waals surface area contributed by atoms with Crippen LogP contribution in [0.2, 0.25) is 0 Å². The van der Waals surface area contributed by atoms with Gasteiger partial charge in [-0.05, 0) is 42.7 Å². The Bertz CT molecular complexity index is 943. The van der Waals surface area contributed by atoms with Gasteiger partial charge in [-0.15, -0.1) is 0 Å². The summed E-state index contributed by atoms with van der Waals surface area (Å²) in [5.74, 6) is -0.540. The summed E-state index contributed by atoms with van der Waals surface area (Å²) in [7, 11) is 1.58. The molecule has 0 bridgehead atoms. The molecule has 1 aliphatic rings. The predicted octanol–water partition coefficient (Wildman–Crippen LogP) is 3.07. The second-order valence-corrected chi connectivity index (χ2v) is 8.47. The second-order valence-electron chi connectivity index (χ2n) is 8.47. The molecule has 0 aromatic heterocycles. The first-order valence-corrected chi connectivity index (χ1v) is 10.9. The first-order chi connectivity index (χ1) is 15.3. The lowest BCUT2D eigenvalue weighted by Crippen LogP contribution is -2.51. The van der Waals surface area contributed by atoms with E-state index in [2.05, 4.69) is 10.6 Å². The zero-order valence-electron chi connectivity index (χ0n) is 19.0. The molecular formula is C25H31N3O4. The van der Waals surface area contributed by atoms with Crippen molar-refractivity contribution < 1.29 is 19.1 Å². The maximum absolute atomic E-state index is 13.0. The molecule has 7 heteroatoms. The monoisotopic (exact) mass is 437 g/mol. The number of carbonyl (C=O) groups excluding carboxylic acids is 3. The van der Waals surface area contributed by atoms with Gasteiger partial charge in [-0.3, -0.25) is 14.4 Å². The molecule has 2 N–H and O–H groups in total. The fourth-order valence-corrected chi connectivity index (χ4v) is 3.83. The lowest BCUT2D eigenvalue weighted by molar-refractivity contribution is -0.132. The third-order valence-electron chi connectivity index (χ3n) is 5.79. The van der Waals surface area contributed by atoms with Crippen LogP contribution in [0, 0.1) is 11.8 Å². The minimum Gasteiger partial charge on any atom is -0.497 e.